The van der Waals surface area contributed by atoms with Gasteiger partial charge in [-0.3, -0.25) is 0 Å². The van der Waals surface area contributed by atoms with Gasteiger partial charge in [-0.05, 0) is 48.6 Å². The van der Waals surface area contributed by atoms with E-state index in [1.54, 1.807) is 22.7 Å². The van der Waals surface area contributed by atoms with Crippen LogP contribution in [0.3, 0.4) is 0 Å². The summed E-state index contributed by atoms with van der Waals surface area (Å²) in [5.41, 5.74) is 5.32. The number of alkyl halides is 2. The first kappa shape index (κ1) is 15.5. The summed E-state index contributed by atoms with van der Waals surface area (Å²) < 4.78 is 6.18. The van der Waals surface area contributed by atoms with Crippen molar-refractivity contribution in [2.24, 2.45) is 0 Å². The van der Waals surface area contributed by atoms with Crippen LogP contribution in [-0.2, 0) is 12.8 Å². The zero-order valence-corrected chi connectivity index (χ0v) is 15.8. The van der Waals surface area contributed by atoms with Crippen LogP contribution in [0.15, 0.2) is 10.8 Å². The van der Waals surface area contributed by atoms with Crippen LogP contribution in [0, 0.1) is 13.8 Å². The SMILES string of the molecule is Cc1csc(Oc2scc(C)c2CCBr)c1CCBr. The highest BCUT2D eigenvalue weighted by atomic mass is 79.9. The maximum absolute atomic E-state index is 6.18. The minimum atomic E-state index is 0.971. The number of halogens is 2. The standard InChI is InChI=1S/C14H16Br2OS2/c1-9-7-18-13(11(9)3-5-15)17-14-12(4-6-16)10(2)8-19-14/h7-8H,3-6H2,1-2H3. The highest BCUT2D eigenvalue weighted by molar-refractivity contribution is 9.09. The normalized spacial score (nSPS) is 10.9. The van der Waals surface area contributed by atoms with Gasteiger partial charge < -0.3 is 4.74 Å². The largest absolute Gasteiger partial charge is 0.435 e. The molecule has 0 amide bonds. The summed E-state index contributed by atoms with van der Waals surface area (Å²) >= 11 is 10.4. The number of ether oxygens (including phenoxy) is 1. The number of aryl methyl sites for hydroxylation is 2. The fourth-order valence-corrected chi connectivity index (χ4v) is 4.70. The van der Waals surface area contributed by atoms with Crippen LogP contribution in [-0.4, -0.2) is 10.7 Å². The molecule has 0 fully saturated rings. The molecule has 19 heavy (non-hydrogen) atoms. The van der Waals surface area contributed by atoms with Gasteiger partial charge >= 0.3 is 0 Å². The molecule has 0 unspecified atom stereocenters. The van der Waals surface area contributed by atoms with Crippen LogP contribution >= 0.6 is 54.5 Å². The Hall–Kier alpha value is 0.160. The molecule has 0 atom stereocenters. The van der Waals surface area contributed by atoms with E-state index >= 15 is 0 Å². The lowest BCUT2D eigenvalue weighted by Crippen LogP contribution is -1.93. The predicted molar refractivity (Wildman–Crippen MR) is 93.2 cm³/mol. The summed E-state index contributed by atoms with van der Waals surface area (Å²) in [6, 6.07) is 0. The van der Waals surface area contributed by atoms with Gasteiger partial charge in [-0.15, -0.1) is 22.7 Å². The van der Waals surface area contributed by atoms with Crippen molar-refractivity contribution < 1.29 is 4.74 Å². The Balaban J connectivity index is 2.26. The second kappa shape index (κ2) is 7.25. The van der Waals surface area contributed by atoms with E-state index in [9.17, 15) is 0 Å². The van der Waals surface area contributed by atoms with Gasteiger partial charge in [-0.2, -0.15) is 0 Å². The molecular formula is C14H16Br2OS2. The molecule has 104 valence electrons. The highest BCUT2D eigenvalue weighted by Gasteiger charge is 2.15. The van der Waals surface area contributed by atoms with Crippen LogP contribution in [0.5, 0.6) is 10.1 Å². The average molecular weight is 424 g/mol. The molecule has 0 saturated carbocycles. The van der Waals surface area contributed by atoms with Crippen molar-refractivity contribution >= 4 is 54.5 Å². The number of hydrogen-bond acceptors (Lipinski definition) is 3. The van der Waals surface area contributed by atoms with Crippen LogP contribution in [0.2, 0.25) is 0 Å². The van der Waals surface area contributed by atoms with E-state index in [-0.39, 0.29) is 0 Å². The zero-order chi connectivity index (χ0) is 13.8. The van der Waals surface area contributed by atoms with Gasteiger partial charge in [-0.1, -0.05) is 31.9 Å². The van der Waals surface area contributed by atoms with Gasteiger partial charge in [0.15, 0.2) is 10.1 Å². The quantitative estimate of drug-likeness (QED) is 0.510. The molecule has 1 nitrogen and oxygen atoms in total. The van der Waals surface area contributed by atoms with Gasteiger partial charge in [0.2, 0.25) is 0 Å². The van der Waals surface area contributed by atoms with Crippen molar-refractivity contribution in [1.82, 2.24) is 0 Å². The molecule has 0 spiro atoms. The number of hydrogen-bond donors (Lipinski definition) is 0. The molecule has 5 heteroatoms. The smallest absolute Gasteiger partial charge is 0.185 e. The second-order valence-electron chi connectivity index (χ2n) is 4.35. The van der Waals surface area contributed by atoms with Gasteiger partial charge in [0.25, 0.3) is 0 Å². The molecule has 2 aromatic rings. The van der Waals surface area contributed by atoms with E-state index < -0.39 is 0 Å². The third-order valence-electron chi connectivity index (χ3n) is 3.00. The Morgan fingerprint density at radius 2 is 1.32 bits per heavy atom. The molecule has 0 aliphatic rings. The van der Waals surface area contributed by atoms with Crippen molar-refractivity contribution in [2.45, 2.75) is 26.7 Å². The lowest BCUT2D eigenvalue weighted by atomic mass is 10.1. The van der Waals surface area contributed by atoms with Crippen molar-refractivity contribution in [3.8, 4) is 10.1 Å². The first-order chi connectivity index (χ1) is 9.17. The van der Waals surface area contributed by atoms with Crippen molar-refractivity contribution in [1.29, 1.82) is 0 Å². The fourth-order valence-electron chi connectivity index (χ4n) is 1.93. The molecule has 2 heterocycles. The predicted octanol–water partition coefficient (Wildman–Crippen LogP) is 6.09. The molecule has 2 rings (SSSR count). The van der Waals surface area contributed by atoms with Crippen molar-refractivity contribution in [3.05, 3.63) is 33.0 Å². The first-order valence-corrected chi connectivity index (χ1v) is 10.1. The summed E-state index contributed by atoms with van der Waals surface area (Å²) in [7, 11) is 0. The molecule has 0 aromatic carbocycles. The topological polar surface area (TPSA) is 9.23 Å². The number of thiophene rings is 2. The lowest BCUT2D eigenvalue weighted by molar-refractivity contribution is 0.499. The lowest BCUT2D eigenvalue weighted by Gasteiger charge is -2.07. The summed E-state index contributed by atoms with van der Waals surface area (Å²) in [4.78, 5) is 0. The van der Waals surface area contributed by atoms with E-state index in [1.165, 1.54) is 22.3 Å². The Morgan fingerprint density at radius 3 is 1.68 bits per heavy atom. The Bertz CT molecular complexity index is 497. The van der Waals surface area contributed by atoms with Gasteiger partial charge in [-0.25, -0.2) is 0 Å². The summed E-state index contributed by atoms with van der Waals surface area (Å²) in [5.74, 6) is 0. The molecular weight excluding hydrogens is 408 g/mol. The molecule has 0 bridgehead atoms. The van der Waals surface area contributed by atoms with E-state index in [1.807, 2.05) is 0 Å². The zero-order valence-electron chi connectivity index (χ0n) is 11.0. The van der Waals surface area contributed by atoms with Crippen LogP contribution < -0.4 is 4.74 Å². The maximum Gasteiger partial charge on any atom is 0.185 e. The van der Waals surface area contributed by atoms with E-state index in [0.29, 0.717) is 0 Å². The maximum atomic E-state index is 6.18. The molecule has 0 aliphatic heterocycles. The molecule has 2 aromatic heterocycles. The first-order valence-electron chi connectivity index (χ1n) is 6.11. The Kier molecular flexibility index (Phi) is 5.93. The Morgan fingerprint density at radius 1 is 0.895 bits per heavy atom. The third kappa shape index (κ3) is 3.63. The van der Waals surface area contributed by atoms with Crippen molar-refractivity contribution in [2.75, 3.05) is 10.7 Å². The molecule has 0 aliphatic carbocycles. The van der Waals surface area contributed by atoms with E-state index in [2.05, 4.69) is 56.5 Å². The van der Waals surface area contributed by atoms with Crippen molar-refractivity contribution in [3.63, 3.8) is 0 Å². The monoisotopic (exact) mass is 422 g/mol. The van der Waals surface area contributed by atoms with Gasteiger partial charge in [0.1, 0.15) is 0 Å². The second-order valence-corrected chi connectivity index (χ2v) is 7.62. The summed E-state index contributed by atoms with van der Waals surface area (Å²) in [6.45, 7) is 4.31. The molecule has 0 N–H and O–H groups in total. The van der Waals surface area contributed by atoms with Crippen LogP contribution in [0.1, 0.15) is 22.3 Å². The minimum Gasteiger partial charge on any atom is -0.435 e. The number of rotatable bonds is 6. The highest BCUT2D eigenvalue weighted by Crippen LogP contribution is 2.40. The summed E-state index contributed by atoms with van der Waals surface area (Å²) in [6.07, 6.45) is 2.03. The van der Waals surface area contributed by atoms with Gasteiger partial charge in [0, 0.05) is 21.8 Å². The summed E-state index contributed by atoms with van der Waals surface area (Å²) in [5, 5.41) is 8.40. The molecule has 0 saturated heterocycles. The van der Waals surface area contributed by atoms with Gasteiger partial charge in [0.05, 0.1) is 0 Å². The average Bonchev–Trinajstić information content (AvgIpc) is 2.90. The van der Waals surface area contributed by atoms with Crippen LogP contribution in [0.25, 0.3) is 0 Å². The minimum absolute atomic E-state index is 0.971. The van der Waals surface area contributed by atoms with E-state index in [4.69, 9.17) is 4.74 Å². The third-order valence-corrected chi connectivity index (χ3v) is 5.83. The van der Waals surface area contributed by atoms with E-state index in [0.717, 1.165) is 33.6 Å². The van der Waals surface area contributed by atoms with Crippen LogP contribution in [0.4, 0.5) is 0 Å². The Labute approximate surface area is 139 Å². The fraction of sp³-hybridized carbons (Fsp3) is 0.429. The molecule has 0 radical (unpaired) electrons.